The van der Waals surface area contributed by atoms with Gasteiger partial charge in [0.15, 0.2) is 0 Å². The minimum atomic E-state index is 0.645. The third kappa shape index (κ3) is 2.73. The lowest BCUT2D eigenvalue weighted by Crippen LogP contribution is -2.43. The van der Waals surface area contributed by atoms with Crippen LogP contribution < -0.4 is 5.32 Å². The van der Waals surface area contributed by atoms with E-state index in [-0.39, 0.29) is 0 Å². The number of para-hydroxylation sites is 2. The highest BCUT2D eigenvalue weighted by molar-refractivity contribution is 5.77. The molecule has 0 amide bonds. The summed E-state index contributed by atoms with van der Waals surface area (Å²) in [7, 11) is 0. The number of hydrogen-bond donors (Lipinski definition) is 2. The predicted molar refractivity (Wildman–Crippen MR) is 79.5 cm³/mol. The van der Waals surface area contributed by atoms with Crippen LogP contribution in [0.5, 0.6) is 0 Å². The third-order valence-corrected chi connectivity index (χ3v) is 4.05. The van der Waals surface area contributed by atoms with Crippen LogP contribution in [0.15, 0.2) is 24.3 Å². The standard InChI is InChI=1S/C15H22N4/c1-2-19-10-6-5-7-12(19)11-16-15-17-13-8-3-4-9-14(13)18-15/h3-4,8-9,12H,2,5-7,10-11H2,1H3,(H2,16,17,18). The number of benzene rings is 1. The molecule has 0 bridgehead atoms. The van der Waals surface area contributed by atoms with Gasteiger partial charge in [0, 0.05) is 12.6 Å². The number of fused-ring (bicyclic) bond motifs is 1. The monoisotopic (exact) mass is 258 g/mol. The van der Waals surface area contributed by atoms with Gasteiger partial charge in [-0.3, -0.25) is 4.90 Å². The van der Waals surface area contributed by atoms with Crippen LogP contribution in [0.3, 0.4) is 0 Å². The molecule has 1 aromatic heterocycles. The summed E-state index contributed by atoms with van der Waals surface area (Å²) in [5, 5.41) is 3.46. The van der Waals surface area contributed by atoms with Crippen molar-refractivity contribution in [2.75, 3.05) is 25.0 Å². The molecule has 4 heteroatoms. The van der Waals surface area contributed by atoms with Crippen molar-refractivity contribution in [1.29, 1.82) is 0 Å². The van der Waals surface area contributed by atoms with Crippen LogP contribution in [-0.4, -0.2) is 40.5 Å². The summed E-state index contributed by atoms with van der Waals surface area (Å²) in [6.07, 6.45) is 3.99. The van der Waals surface area contributed by atoms with Crippen molar-refractivity contribution in [2.45, 2.75) is 32.2 Å². The zero-order valence-corrected chi connectivity index (χ0v) is 11.5. The SMILES string of the molecule is CCN1CCCCC1CNc1nc2ccccc2[nH]1. The molecule has 2 heterocycles. The Labute approximate surface area is 114 Å². The first-order chi connectivity index (χ1) is 9.36. The van der Waals surface area contributed by atoms with E-state index in [1.807, 2.05) is 18.2 Å². The first-order valence-corrected chi connectivity index (χ1v) is 7.29. The van der Waals surface area contributed by atoms with Crippen molar-refractivity contribution in [1.82, 2.24) is 14.9 Å². The molecule has 1 aliphatic rings. The van der Waals surface area contributed by atoms with Gasteiger partial charge in [0.05, 0.1) is 11.0 Å². The molecule has 0 saturated carbocycles. The van der Waals surface area contributed by atoms with Crippen molar-refractivity contribution in [3.05, 3.63) is 24.3 Å². The Hall–Kier alpha value is -1.55. The molecule has 3 rings (SSSR count). The van der Waals surface area contributed by atoms with Gasteiger partial charge in [0.2, 0.25) is 5.95 Å². The molecule has 1 aromatic carbocycles. The molecule has 102 valence electrons. The van der Waals surface area contributed by atoms with E-state index < -0.39 is 0 Å². The first kappa shape index (κ1) is 12.5. The number of aromatic amines is 1. The van der Waals surface area contributed by atoms with Gasteiger partial charge in [-0.05, 0) is 38.1 Å². The van der Waals surface area contributed by atoms with Crippen molar-refractivity contribution in [2.24, 2.45) is 0 Å². The molecule has 1 atom stereocenters. The summed E-state index contributed by atoms with van der Waals surface area (Å²) in [5.74, 6) is 0.892. The van der Waals surface area contributed by atoms with Gasteiger partial charge in [0.1, 0.15) is 0 Å². The molecule has 19 heavy (non-hydrogen) atoms. The summed E-state index contributed by atoms with van der Waals surface area (Å²) in [4.78, 5) is 10.5. The highest BCUT2D eigenvalue weighted by atomic mass is 15.2. The molecule has 0 radical (unpaired) electrons. The number of likely N-dealkylation sites (N-methyl/N-ethyl adjacent to an activating group) is 1. The maximum absolute atomic E-state index is 4.56. The Morgan fingerprint density at radius 2 is 2.26 bits per heavy atom. The number of aromatic nitrogens is 2. The molecule has 2 aromatic rings. The van der Waals surface area contributed by atoms with Crippen LogP contribution >= 0.6 is 0 Å². The number of nitrogens with one attached hydrogen (secondary N) is 2. The van der Waals surface area contributed by atoms with Crippen LogP contribution in [0.4, 0.5) is 5.95 Å². The highest BCUT2D eigenvalue weighted by Gasteiger charge is 2.20. The minimum absolute atomic E-state index is 0.645. The maximum Gasteiger partial charge on any atom is 0.201 e. The van der Waals surface area contributed by atoms with Crippen LogP contribution in [-0.2, 0) is 0 Å². The minimum Gasteiger partial charge on any atom is -0.354 e. The summed E-state index contributed by atoms with van der Waals surface area (Å²) in [6, 6.07) is 8.80. The molecule has 0 spiro atoms. The van der Waals surface area contributed by atoms with E-state index in [9.17, 15) is 0 Å². The second-order valence-corrected chi connectivity index (χ2v) is 5.26. The smallest absolute Gasteiger partial charge is 0.201 e. The fourth-order valence-corrected chi connectivity index (χ4v) is 2.96. The number of H-pyrrole nitrogens is 1. The summed E-state index contributed by atoms with van der Waals surface area (Å²) >= 11 is 0. The van der Waals surface area contributed by atoms with Crippen LogP contribution in [0.1, 0.15) is 26.2 Å². The molecule has 1 aliphatic heterocycles. The van der Waals surface area contributed by atoms with E-state index in [0.29, 0.717) is 6.04 Å². The second kappa shape index (κ2) is 5.61. The molecule has 1 fully saturated rings. The van der Waals surface area contributed by atoms with Gasteiger partial charge >= 0.3 is 0 Å². The Bertz CT molecular complexity index is 501. The number of likely N-dealkylation sites (tertiary alicyclic amines) is 1. The van der Waals surface area contributed by atoms with Gasteiger partial charge in [0.25, 0.3) is 0 Å². The van der Waals surface area contributed by atoms with Crippen molar-refractivity contribution >= 4 is 17.0 Å². The van der Waals surface area contributed by atoms with Crippen LogP contribution in [0, 0.1) is 0 Å². The molecular weight excluding hydrogens is 236 g/mol. The van der Waals surface area contributed by atoms with E-state index in [0.717, 1.165) is 30.1 Å². The van der Waals surface area contributed by atoms with Crippen LogP contribution in [0.2, 0.25) is 0 Å². The van der Waals surface area contributed by atoms with E-state index in [4.69, 9.17) is 0 Å². The van der Waals surface area contributed by atoms with E-state index in [1.54, 1.807) is 0 Å². The van der Waals surface area contributed by atoms with Crippen molar-refractivity contribution in [3.8, 4) is 0 Å². The number of piperidine rings is 1. The zero-order valence-electron chi connectivity index (χ0n) is 11.5. The predicted octanol–water partition coefficient (Wildman–Crippen LogP) is 2.85. The maximum atomic E-state index is 4.56. The fourth-order valence-electron chi connectivity index (χ4n) is 2.96. The Balaban J connectivity index is 1.64. The average molecular weight is 258 g/mol. The van der Waals surface area contributed by atoms with E-state index in [2.05, 4.69) is 33.2 Å². The number of imidazole rings is 1. The Kier molecular flexibility index (Phi) is 3.69. The third-order valence-electron chi connectivity index (χ3n) is 4.05. The number of hydrogen-bond acceptors (Lipinski definition) is 3. The Morgan fingerprint density at radius 1 is 1.37 bits per heavy atom. The molecule has 2 N–H and O–H groups in total. The normalized spacial score (nSPS) is 20.8. The second-order valence-electron chi connectivity index (χ2n) is 5.26. The number of nitrogens with zero attached hydrogens (tertiary/aromatic N) is 2. The summed E-state index contributed by atoms with van der Waals surface area (Å²) in [5.41, 5.74) is 2.13. The van der Waals surface area contributed by atoms with E-state index >= 15 is 0 Å². The Morgan fingerprint density at radius 3 is 3.11 bits per heavy atom. The lowest BCUT2D eigenvalue weighted by atomic mass is 10.0. The fraction of sp³-hybridized carbons (Fsp3) is 0.533. The van der Waals surface area contributed by atoms with Gasteiger partial charge in [-0.2, -0.15) is 0 Å². The largest absolute Gasteiger partial charge is 0.354 e. The number of rotatable bonds is 4. The van der Waals surface area contributed by atoms with Gasteiger partial charge in [-0.15, -0.1) is 0 Å². The number of anilines is 1. The molecular formula is C15H22N4. The van der Waals surface area contributed by atoms with Gasteiger partial charge in [-0.25, -0.2) is 4.98 Å². The molecule has 1 saturated heterocycles. The lowest BCUT2D eigenvalue weighted by Gasteiger charge is -2.34. The summed E-state index contributed by atoms with van der Waals surface area (Å²) < 4.78 is 0. The van der Waals surface area contributed by atoms with Crippen molar-refractivity contribution in [3.63, 3.8) is 0 Å². The zero-order chi connectivity index (χ0) is 13.1. The topological polar surface area (TPSA) is 44.0 Å². The lowest BCUT2D eigenvalue weighted by molar-refractivity contribution is 0.164. The van der Waals surface area contributed by atoms with Gasteiger partial charge in [-0.1, -0.05) is 25.5 Å². The van der Waals surface area contributed by atoms with Gasteiger partial charge < -0.3 is 10.3 Å². The molecule has 4 nitrogen and oxygen atoms in total. The van der Waals surface area contributed by atoms with E-state index in [1.165, 1.54) is 25.8 Å². The molecule has 0 aliphatic carbocycles. The van der Waals surface area contributed by atoms with Crippen molar-refractivity contribution < 1.29 is 0 Å². The average Bonchev–Trinajstić information content (AvgIpc) is 2.88. The summed E-state index contributed by atoms with van der Waals surface area (Å²) in [6.45, 7) is 5.61. The first-order valence-electron chi connectivity index (χ1n) is 7.29. The molecule has 1 unspecified atom stereocenters. The highest BCUT2D eigenvalue weighted by Crippen LogP contribution is 2.18. The van der Waals surface area contributed by atoms with Crippen LogP contribution in [0.25, 0.3) is 11.0 Å². The quantitative estimate of drug-likeness (QED) is 0.886.